The number of amides is 1. The van der Waals surface area contributed by atoms with Gasteiger partial charge in [-0.2, -0.15) is 0 Å². The molecule has 1 rings (SSSR count). The van der Waals surface area contributed by atoms with Crippen molar-refractivity contribution >= 4 is 11.6 Å². The van der Waals surface area contributed by atoms with Crippen LogP contribution in [0.2, 0.25) is 0 Å². The van der Waals surface area contributed by atoms with Gasteiger partial charge in [0.05, 0.1) is 0 Å². The summed E-state index contributed by atoms with van der Waals surface area (Å²) in [5, 5.41) is 2.80. The second kappa shape index (κ2) is 13.1. The molecule has 0 aliphatic carbocycles. The Labute approximate surface area is 140 Å². The van der Waals surface area contributed by atoms with E-state index in [0.29, 0.717) is 12.1 Å². The van der Waals surface area contributed by atoms with Gasteiger partial charge in [0.25, 0.3) is 0 Å². The summed E-state index contributed by atoms with van der Waals surface area (Å²) >= 11 is 0. The van der Waals surface area contributed by atoms with Gasteiger partial charge in [-0.15, -0.1) is 0 Å². The number of rotatable bonds is 13. The Morgan fingerprint density at radius 3 is 1.83 bits per heavy atom. The van der Waals surface area contributed by atoms with Crippen molar-refractivity contribution in [2.45, 2.75) is 84.0 Å². The molecular weight excluding hydrogens is 289 g/mol. The Hall–Kier alpha value is -1.38. The van der Waals surface area contributed by atoms with Crippen molar-refractivity contribution in [2.24, 2.45) is 0 Å². The fraction of sp³-hybridized carbons (Fsp3) is 0.650. The zero-order valence-electron chi connectivity index (χ0n) is 14.6. The molecule has 0 radical (unpaired) electrons. The Bertz CT molecular complexity index is 416. The first-order valence-electron chi connectivity index (χ1n) is 9.28. The quantitative estimate of drug-likeness (QED) is 0.415. The van der Waals surface area contributed by atoms with Crippen molar-refractivity contribution in [1.29, 1.82) is 0 Å². The fourth-order valence-corrected chi connectivity index (χ4v) is 2.71. The summed E-state index contributed by atoms with van der Waals surface area (Å²) in [5.41, 5.74) is 0.666. The van der Waals surface area contributed by atoms with Gasteiger partial charge >= 0.3 is 0 Å². The van der Waals surface area contributed by atoms with Crippen molar-refractivity contribution in [3.05, 3.63) is 30.1 Å². The summed E-state index contributed by atoms with van der Waals surface area (Å²) in [5.74, 6) is -0.263. The Morgan fingerprint density at radius 2 is 1.30 bits per heavy atom. The molecule has 0 fully saturated rings. The Balaban J connectivity index is 1.90. The smallest absolute Gasteiger partial charge is 0.224 e. The predicted octanol–water partition coefficient (Wildman–Crippen LogP) is 6.47. The predicted molar refractivity (Wildman–Crippen MR) is 96.1 cm³/mol. The summed E-state index contributed by atoms with van der Waals surface area (Å²) in [6.07, 6.45) is 14.6. The van der Waals surface area contributed by atoms with Crippen molar-refractivity contribution in [2.75, 3.05) is 5.32 Å². The van der Waals surface area contributed by atoms with E-state index in [1.165, 1.54) is 69.9 Å². The highest BCUT2D eigenvalue weighted by molar-refractivity contribution is 5.90. The Morgan fingerprint density at radius 1 is 0.826 bits per heavy atom. The molecule has 1 aromatic rings. The molecular formula is C20H32FNO. The molecule has 0 aromatic heterocycles. The first kappa shape index (κ1) is 19.7. The van der Waals surface area contributed by atoms with Gasteiger partial charge in [-0.3, -0.25) is 4.79 Å². The molecule has 0 atom stereocenters. The van der Waals surface area contributed by atoms with Crippen LogP contribution in [0.1, 0.15) is 84.0 Å². The molecule has 0 saturated carbocycles. The van der Waals surface area contributed by atoms with Crippen molar-refractivity contribution in [1.82, 2.24) is 0 Å². The van der Waals surface area contributed by atoms with Gasteiger partial charge in [-0.1, -0.05) is 71.1 Å². The van der Waals surface area contributed by atoms with Crippen LogP contribution in [0.15, 0.2) is 24.3 Å². The van der Waals surface area contributed by atoms with Crippen LogP contribution in [0.4, 0.5) is 10.1 Å². The lowest BCUT2D eigenvalue weighted by Gasteiger charge is -2.05. The van der Waals surface area contributed by atoms with Crippen LogP contribution in [0.25, 0.3) is 0 Å². The van der Waals surface area contributed by atoms with Gasteiger partial charge in [0, 0.05) is 12.1 Å². The second-order valence-corrected chi connectivity index (χ2v) is 6.34. The normalized spacial score (nSPS) is 10.7. The van der Waals surface area contributed by atoms with E-state index in [0.717, 1.165) is 12.8 Å². The second-order valence-electron chi connectivity index (χ2n) is 6.34. The van der Waals surface area contributed by atoms with E-state index in [2.05, 4.69) is 12.2 Å². The maximum Gasteiger partial charge on any atom is 0.224 e. The van der Waals surface area contributed by atoms with Crippen LogP contribution in [0.3, 0.4) is 0 Å². The number of hydrogen-bond donors (Lipinski definition) is 1. The summed E-state index contributed by atoms with van der Waals surface area (Å²) in [6.45, 7) is 2.25. The van der Waals surface area contributed by atoms with E-state index in [9.17, 15) is 9.18 Å². The molecule has 1 aromatic carbocycles. The van der Waals surface area contributed by atoms with Crippen LogP contribution < -0.4 is 5.32 Å². The maximum atomic E-state index is 12.8. The number of carbonyl (C=O) groups is 1. The number of halogens is 1. The molecule has 130 valence electrons. The number of hydrogen-bond acceptors (Lipinski definition) is 1. The molecule has 0 unspecified atom stereocenters. The third-order valence-corrected chi connectivity index (χ3v) is 4.14. The zero-order valence-corrected chi connectivity index (χ0v) is 14.6. The first-order valence-corrected chi connectivity index (χ1v) is 9.28. The molecule has 3 heteroatoms. The molecule has 0 aliphatic rings. The number of carbonyl (C=O) groups excluding carboxylic acids is 1. The van der Waals surface area contributed by atoms with Crippen molar-refractivity contribution in [3.8, 4) is 0 Å². The molecule has 1 N–H and O–H groups in total. The van der Waals surface area contributed by atoms with Gasteiger partial charge in [0.1, 0.15) is 5.82 Å². The van der Waals surface area contributed by atoms with Crippen LogP contribution in [-0.4, -0.2) is 5.91 Å². The SMILES string of the molecule is CCCCCCCCCCCCCC(=O)Nc1ccc(F)cc1. The lowest BCUT2D eigenvalue weighted by molar-refractivity contribution is -0.116. The highest BCUT2D eigenvalue weighted by atomic mass is 19.1. The third kappa shape index (κ3) is 10.9. The molecule has 0 bridgehead atoms. The van der Waals surface area contributed by atoms with Crippen molar-refractivity contribution in [3.63, 3.8) is 0 Å². The summed E-state index contributed by atoms with van der Waals surface area (Å²) in [4.78, 5) is 11.8. The largest absolute Gasteiger partial charge is 0.326 e. The molecule has 0 heterocycles. The van der Waals surface area contributed by atoms with Crippen LogP contribution >= 0.6 is 0 Å². The molecule has 23 heavy (non-hydrogen) atoms. The van der Waals surface area contributed by atoms with Gasteiger partial charge in [0.2, 0.25) is 5.91 Å². The minimum absolute atomic E-state index is 0.0209. The van der Waals surface area contributed by atoms with Crippen LogP contribution in [-0.2, 0) is 4.79 Å². The lowest BCUT2D eigenvalue weighted by Crippen LogP contribution is -2.10. The highest BCUT2D eigenvalue weighted by Gasteiger charge is 2.02. The number of unbranched alkanes of at least 4 members (excludes halogenated alkanes) is 10. The van der Waals surface area contributed by atoms with Crippen LogP contribution in [0, 0.1) is 5.82 Å². The summed E-state index contributed by atoms with van der Waals surface area (Å²) in [7, 11) is 0. The average Bonchev–Trinajstić information content (AvgIpc) is 2.55. The maximum absolute atomic E-state index is 12.8. The Kier molecular flexibility index (Phi) is 11.2. The minimum atomic E-state index is -0.284. The van der Waals surface area contributed by atoms with Crippen molar-refractivity contribution < 1.29 is 9.18 Å². The zero-order chi connectivity index (χ0) is 16.8. The lowest BCUT2D eigenvalue weighted by atomic mass is 10.1. The van der Waals surface area contributed by atoms with Gasteiger partial charge in [0.15, 0.2) is 0 Å². The van der Waals surface area contributed by atoms with E-state index in [4.69, 9.17) is 0 Å². The third-order valence-electron chi connectivity index (χ3n) is 4.14. The molecule has 0 aliphatic heterocycles. The molecule has 0 spiro atoms. The topological polar surface area (TPSA) is 29.1 Å². The molecule has 1 amide bonds. The highest BCUT2D eigenvalue weighted by Crippen LogP contribution is 2.13. The monoisotopic (exact) mass is 321 g/mol. The minimum Gasteiger partial charge on any atom is -0.326 e. The van der Waals surface area contributed by atoms with Gasteiger partial charge < -0.3 is 5.32 Å². The average molecular weight is 321 g/mol. The summed E-state index contributed by atoms with van der Waals surface area (Å²) < 4.78 is 12.8. The van der Waals surface area contributed by atoms with E-state index in [1.807, 2.05) is 0 Å². The number of benzene rings is 1. The first-order chi connectivity index (χ1) is 11.2. The van der Waals surface area contributed by atoms with Gasteiger partial charge in [-0.05, 0) is 30.7 Å². The fourth-order valence-electron chi connectivity index (χ4n) is 2.71. The standard InChI is InChI=1S/C20H32FNO/c1-2-3-4-5-6-7-8-9-10-11-12-13-20(23)22-19-16-14-18(21)15-17-19/h14-17H,2-13H2,1H3,(H,22,23). The molecule has 0 saturated heterocycles. The summed E-state index contributed by atoms with van der Waals surface area (Å²) in [6, 6.07) is 5.90. The van der Waals surface area contributed by atoms with Gasteiger partial charge in [-0.25, -0.2) is 4.39 Å². The van der Waals surface area contributed by atoms with E-state index < -0.39 is 0 Å². The van der Waals surface area contributed by atoms with E-state index >= 15 is 0 Å². The van der Waals surface area contributed by atoms with E-state index in [-0.39, 0.29) is 11.7 Å². The number of nitrogens with one attached hydrogen (secondary N) is 1. The van der Waals surface area contributed by atoms with Crippen LogP contribution in [0.5, 0.6) is 0 Å². The number of anilines is 1. The van der Waals surface area contributed by atoms with E-state index in [1.54, 1.807) is 12.1 Å². The molecule has 2 nitrogen and oxygen atoms in total.